The van der Waals surface area contributed by atoms with Gasteiger partial charge >= 0.3 is 0 Å². The largest absolute Gasteiger partial charge is 0.490 e. The number of guanidine groups is 1. The van der Waals surface area contributed by atoms with Crippen LogP contribution in [0, 0.1) is 0 Å². The number of hydrogen-bond acceptors (Lipinski definition) is 6. The standard InChI is InChI=1S/C13H14ClN3O4/c14-11-7-5-17-9(6-19)12(20)16-13(17)15-8(7)1-2-10(11)21-4-3-18/h1-2,9,18-19H,3-6H2,(H,15,16,20). The summed E-state index contributed by atoms with van der Waals surface area (Å²) in [5.74, 6) is 0.603. The first-order chi connectivity index (χ1) is 10.2. The van der Waals surface area contributed by atoms with Crippen molar-refractivity contribution in [1.82, 2.24) is 10.2 Å². The highest BCUT2D eigenvalue weighted by molar-refractivity contribution is 6.33. The number of carbonyl (C=O) groups is 1. The zero-order chi connectivity index (χ0) is 15.0. The quantitative estimate of drug-likeness (QED) is 0.728. The first-order valence-electron chi connectivity index (χ1n) is 6.47. The van der Waals surface area contributed by atoms with Crippen molar-refractivity contribution in [1.29, 1.82) is 0 Å². The summed E-state index contributed by atoms with van der Waals surface area (Å²) in [6, 6.07) is 2.77. The van der Waals surface area contributed by atoms with Gasteiger partial charge in [-0.25, -0.2) is 4.99 Å². The maximum Gasteiger partial charge on any atom is 0.251 e. The van der Waals surface area contributed by atoms with E-state index in [2.05, 4.69) is 10.3 Å². The van der Waals surface area contributed by atoms with Gasteiger partial charge in [0.15, 0.2) is 0 Å². The molecule has 112 valence electrons. The number of fused-ring (bicyclic) bond motifs is 2. The Morgan fingerprint density at radius 3 is 3.00 bits per heavy atom. The van der Waals surface area contributed by atoms with Gasteiger partial charge in [0, 0.05) is 5.56 Å². The summed E-state index contributed by atoms with van der Waals surface area (Å²) in [4.78, 5) is 17.8. The molecule has 2 aliphatic rings. The number of nitrogens with one attached hydrogen (secondary N) is 1. The molecule has 1 amide bonds. The van der Waals surface area contributed by atoms with Crippen molar-refractivity contribution in [3.05, 3.63) is 22.7 Å². The lowest BCUT2D eigenvalue weighted by Crippen LogP contribution is -2.39. The summed E-state index contributed by atoms with van der Waals surface area (Å²) in [6.07, 6.45) is 0. The van der Waals surface area contributed by atoms with E-state index in [-0.39, 0.29) is 25.7 Å². The molecule has 0 saturated carbocycles. The molecule has 1 unspecified atom stereocenters. The number of rotatable bonds is 4. The van der Waals surface area contributed by atoms with Crippen molar-refractivity contribution in [3.63, 3.8) is 0 Å². The van der Waals surface area contributed by atoms with Crippen molar-refractivity contribution in [2.24, 2.45) is 4.99 Å². The van der Waals surface area contributed by atoms with Crippen LogP contribution in [0.25, 0.3) is 0 Å². The van der Waals surface area contributed by atoms with Crippen molar-refractivity contribution in [3.8, 4) is 5.75 Å². The molecule has 1 aromatic carbocycles. The molecule has 1 saturated heterocycles. The first-order valence-corrected chi connectivity index (χ1v) is 6.85. The van der Waals surface area contributed by atoms with Crippen LogP contribution in [0.4, 0.5) is 5.69 Å². The molecular formula is C13H14ClN3O4. The highest BCUT2D eigenvalue weighted by Crippen LogP contribution is 2.39. The van der Waals surface area contributed by atoms with E-state index in [9.17, 15) is 9.90 Å². The highest BCUT2D eigenvalue weighted by atomic mass is 35.5. The average molecular weight is 312 g/mol. The maximum absolute atomic E-state index is 11.7. The van der Waals surface area contributed by atoms with Gasteiger partial charge in [-0.05, 0) is 12.1 Å². The molecule has 3 N–H and O–H groups in total. The van der Waals surface area contributed by atoms with Crippen LogP contribution in [0.15, 0.2) is 17.1 Å². The lowest BCUT2D eigenvalue weighted by atomic mass is 10.1. The third-order valence-corrected chi connectivity index (χ3v) is 3.86. The molecule has 21 heavy (non-hydrogen) atoms. The zero-order valence-electron chi connectivity index (χ0n) is 11.0. The lowest BCUT2D eigenvalue weighted by Gasteiger charge is -2.27. The molecule has 3 rings (SSSR count). The summed E-state index contributed by atoms with van der Waals surface area (Å²) in [5.41, 5.74) is 1.38. The monoisotopic (exact) mass is 311 g/mol. The van der Waals surface area contributed by atoms with Gasteiger partial charge in [-0.2, -0.15) is 0 Å². The summed E-state index contributed by atoms with van der Waals surface area (Å²) in [5, 5.41) is 21.2. The molecule has 2 heterocycles. The van der Waals surface area contributed by atoms with Crippen LogP contribution in [0.3, 0.4) is 0 Å². The van der Waals surface area contributed by atoms with Gasteiger partial charge in [-0.3, -0.25) is 10.1 Å². The van der Waals surface area contributed by atoms with E-state index in [4.69, 9.17) is 21.4 Å². The van der Waals surface area contributed by atoms with E-state index in [1.54, 1.807) is 17.0 Å². The van der Waals surface area contributed by atoms with Gasteiger partial charge in [0.1, 0.15) is 18.4 Å². The van der Waals surface area contributed by atoms with Crippen LogP contribution in [0.2, 0.25) is 5.02 Å². The second-order valence-electron chi connectivity index (χ2n) is 4.70. The predicted octanol–water partition coefficient (Wildman–Crippen LogP) is 0.00490. The third-order valence-electron chi connectivity index (χ3n) is 3.45. The fourth-order valence-corrected chi connectivity index (χ4v) is 2.68. The number of ether oxygens (including phenoxy) is 1. The summed E-state index contributed by atoms with van der Waals surface area (Å²) in [7, 11) is 0. The molecule has 7 nitrogen and oxygen atoms in total. The minimum absolute atomic E-state index is 0.104. The van der Waals surface area contributed by atoms with Crippen molar-refractivity contribution < 1.29 is 19.7 Å². The maximum atomic E-state index is 11.7. The Balaban J connectivity index is 1.95. The third kappa shape index (κ3) is 2.33. The molecule has 0 aromatic heterocycles. The Morgan fingerprint density at radius 2 is 2.29 bits per heavy atom. The molecule has 1 atom stereocenters. The summed E-state index contributed by atoms with van der Waals surface area (Å²) < 4.78 is 5.36. The Bertz CT molecular complexity index is 620. The average Bonchev–Trinajstić information content (AvgIpc) is 2.79. The van der Waals surface area contributed by atoms with Crippen LogP contribution < -0.4 is 10.1 Å². The number of carbonyl (C=O) groups excluding carboxylic acids is 1. The Morgan fingerprint density at radius 1 is 1.48 bits per heavy atom. The van der Waals surface area contributed by atoms with Crippen molar-refractivity contribution in [2.75, 3.05) is 19.8 Å². The number of amides is 1. The smallest absolute Gasteiger partial charge is 0.251 e. The van der Waals surface area contributed by atoms with Gasteiger partial charge in [0.25, 0.3) is 5.91 Å². The second kappa shape index (κ2) is 5.51. The van der Waals surface area contributed by atoms with E-state index >= 15 is 0 Å². The second-order valence-corrected chi connectivity index (χ2v) is 5.08. The van der Waals surface area contributed by atoms with Crippen LogP contribution in [-0.2, 0) is 11.3 Å². The van der Waals surface area contributed by atoms with Gasteiger partial charge < -0.3 is 19.8 Å². The number of nitrogens with zero attached hydrogens (tertiary/aromatic N) is 2. The topological polar surface area (TPSA) is 94.4 Å². The molecule has 0 aliphatic carbocycles. The zero-order valence-corrected chi connectivity index (χ0v) is 11.8. The highest BCUT2D eigenvalue weighted by Gasteiger charge is 2.39. The van der Waals surface area contributed by atoms with Gasteiger partial charge in [-0.1, -0.05) is 11.6 Å². The fraction of sp³-hybridized carbons (Fsp3) is 0.385. The van der Waals surface area contributed by atoms with E-state index < -0.39 is 6.04 Å². The van der Waals surface area contributed by atoms with E-state index in [1.165, 1.54) is 0 Å². The van der Waals surface area contributed by atoms with Crippen LogP contribution in [0.1, 0.15) is 5.56 Å². The molecule has 8 heteroatoms. The molecule has 1 aromatic rings. The number of aliphatic hydroxyl groups excluding tert-OH is 2. The van der Waals surface area contributed by atoms with Crippen LogP contribution in [0.5, 0.6) is 5.75 Å². The van der Waals surface area contributed by atoms with E-state index in [0.717, 1.165) is 5.56 Å². The van der Waals surface area contributed by atoms with E-state index in [1.807, 2.05) is 0 Å². The first kappa shape index (κ1) is 14.1. The fourth-order valence-electron chi connectivity index (χ4n) is 2.41. The van der Waals surface area contributed by atoms with Gasteiger partial charge in [0.05, 0.1) is 30.5 Å². The Hall–Kier alpha value is -1.83. The van der Waals surface area contributed by atoms with Crippen LogP contribution in [-0.4, -0.2) is 52.8 Å². The number of aliphatic hydroxyl groups is 2. The number of hydrogen-bond donors (Lipinski definition) is 3. The molecule has 2 aliphatic heterocycles. The van der Waals surface area contributed by atoms with Crippen molar-refractivity contribution >= 4 is 29.2 Å². The molecule has 0 spiro atoms. The minimum Gasteiger partial charge on any atom is -0.490 e. The summed E-state index contributed by atoms with van der Waals surface area (Å²) in [6.45, 7) is 0.106. The molecule has 1 fully saturated rings. The van der Waals surface area contributed by atoms with E-state index in [0.29, 0.717) is 29.0 Å². The van der Waals surface area contributed by atoms with Gasteiger partial charge in [-0.15, -0.1) is 0 Å². The minimum atomic E-state index is -0.657. The van der Waals surface area contributed by atoms with Gasteiger partial charge in [0.2, 0.25) is 5.96 Å². The number of aliphatic imine (C=N–C) groups is 1. The lowest BCUT2D eigenvalue weighted by molar-refractivity contribution is -0.122. The number of halogens is 1. The normalized spacial score (nSPS) is 19.8. The van der Waals surface area contributed by atoms with Crippen LogP contribution >= 0.6 is 11.6 Å². The summed E-state index contributed by atoms with van der Waals surface area (Å²) >= 11 is 6.31. The number of benzene rings is 1. The molecule has 0 radical (unpaired) electrons. The van der Waals surface area contributed by atoms with Crippen molar-refractivity contribution in [2.45, 2.75) is 12.6 Å². The molecule has 0 bridgehead atoms. The SMILES string of the molecule is O=C1NC2=Nc3ccc(OCCO)c(Cl)c3CN2C1CO. The Labute approximate surface area is 125 Å². The predicted molar refractivity (Wildman–Crippen MR) is 75.7 cm³/mol. The molecular weight excluding hydrogens is 298 g/mol. The Kier molecular flexibility index (Phi) is 3.71.